The highest BCUT2D eigenvalue weighted by Gasteiger charge is 2.16. The van der Waals surface area contributed by atoms with Gasteiger partial charge in [-0.05, 0) is 17.2 Å². The maximum atomic E-state index is 8.83. The summed E-state index contributed by atoms with van der Waals surface area (Å²) < 4.78 is 0. The summed E-state index contributed by atoms with van der Waals surface area (Å²) in [5.74, 6) is 0.692. The standard InChI is InChI=1S/C5H13O2PS2/c1-5(2,3)4-10-8(6,7)9/h4H2,1-3H3,(H2,6,7,9). The van der Waals surface area contributed by atoms with Crippen molar-refractivity contribution in [3.05, 3.63) is 0 Å². The molecule has 0 aromatic heterocycles. The molecular weight excluding hydrogens is 187 g/mol. The van der Waals surface area contributed by atoms with E-state index in [0.717, 1.165) is 11.4 Å². The first-order valence-corrected chi connectivity index (χ1v) is 7.21. The predicted octanol–water partition coefficient (Wildman–Crippen LogP) is 1.97. The second kappa shape index (κ2) is 3.55. The molecule has 0 atom stereocenters. The SMILES string of the molecule is CC(C)(C)CSP(O)(O)=S. The first-order chi connectivity index (χ1) is 4.21. The van der Waals surface area contributed by atoms with Gasteiger partial charge in [-0.1, -0.05) is 32.2 Å². The van der Waals surface area contributed by atoms with Gasteiger partial charge in [0.15, 0.2) is 0 Å². The molecule has 0 aromatic carbocycles. The number of rotatable bonds is 2. The molecule has 0 aliphatic carbocycles. The van der Waals surface area contributed by atoms with Crippen LogP contribution in [0.3, 0.4) is 0 Å². The molecule has 10 heavy (non-hydrogen) atoms. The lowest BCUT2D eigenvalue weighted by Gasteiger charge is -2.18. The van der Waals surface area contributed by atoms with Gasteiger partial charge >= 0.3 is 0 Å². The second-order valence-corrected chi connectivity index (χ2v) is 9.38. The predicted molar refractivity (Wildman–Crippen MR) is 50.6 cm³/mol. The van der Waals surface area contributed by atoms with Crippen LogP contribution in [0.5, 0.6) is 0 Å². The van der Waals surface area contributed by atoms with Crippen LogP contribution in [0.1, 0.15) is 20.8 Å². The van der Waals surface area contributed by atoms with Crippen molar-refractivity contribution in [1.29, 1.82) is 0 Å². The van der Waals surface area contributed by atoms with Crippen LogP contribution < -0.4 is 0 Å². The zero-order valence-electron chi connectivity index (χ0n) is 6.37. The molecule has 2 N–H and O–H groups in total. The lowest BCUT2D eigenvalue weighted by atomic mass is 10.0. The smallest absolute Gasteiger partial charge is 0.242 e. The Morgan fingerprint density at radius 2 is 1.80 bits per heavy atom. The van der Waals surface area contributed by atoms with E-state index in [4.69, 9.17) is 9.79 Å². The van der Waals surface area contributed by atoms with E-state index in [9.17, 15) is 0 Å². The molecule has 0 aromatic rings. The van der Waals surface area contributed by atoms with Crippen molar-refractivity contribution >= 4 is 28.9 Å². The normalized spacial score (nSPS) is 13.7. The Morgan fingerprint density at radius 1 is 1.40 bits per heavy atom. The largest absolute Gasteiger partial charge is 0.338 e. The maximum absolute atomic E-state index is 8.83. The molecule has 0 aliphatic heterocycles. The minimum absolute atomic E-state index is 0.111. The summed E-state index contributed by atoms with van der Waals surface area (Å²) in [6.45, 7) is 6.10. The molecule has 0 unspecified atom stereocenters. The van der Waals surface area contributed by atoms with E-state index in [2.05, 4.69) is 11.8 Å². The first-order valence-electron chi connectivity index (χ1n) is 2.91. The summed E-state index contributed by atoms with van der Waals surface area (Å²) in [5.41, 5.74) is -2.90. The zero-order valence-corrected chi connectivity index (χ0v) is 8.89. The van der Waals surface area contributed by atoms with Crippen LogP contribution in [-0.2, 0) is 11.8 Å². The lowest BCUT2D eigenvalue weighted by Crippen LogP contribution is -2.07. The Morgan fingerprint density at radius 3 is 1.90 bits per heavy atom. The van der Waals surface area contributed by atoms with Crippen LogP contribution in [0.25, 0.3) is 0 Å². The van der Waals surface area contributed by atoms with Gasteiger partial charge in [-0.3, -0.25) is 0 Å². The van der Waals surface area contributed by atoms with Gasteiger partial charge in [0, 0.05) is 5.75 Å². The van der Waals surface area contributed by atoms with E-state index < -0.39 is 5.69 Å². The van der Waals surface area contributed by atoms with Crippen molar-refractivity contribution in [2.75, 3.05) is 5.75 Å². The summed E-state index contributed by atoms with van der Waals surface area (Å²) in [7, 11) is 0. The zero-order chi connectivity index (χ0) is 8.41. The molecular formula is C5H13O2PS2. The first kappa shape index (κ1) is 10.9. The van der Waals surface area contributed by atoms with Crippen molar-refractivity contribution in [1.82, 2.24) is 0 Å². The molecule has 62 valence electrons. The Bertz CT molecular complexity index is 146. The monoisotopic (exact) mass is 200 g/mol. The molecule has 0 rings (SSSR count). The van der Waals surface area contributed by atoms with E-state index in [-0.39, 0.29) is 5.41 Å². The summed E-state index contributed by atoms with van der Waals surface area (Å²) in [5, 5.41) is 0. The molecule has 2 nitrogen and oxygen atoms in total. The Kier molecular flexibility index (Phi) is 3.87. The molecule has 0 heterocycles. The lowest BCUT2D eigenvalue weighted by molar-refractivity contribution is 0.477. The quantitative estimate of drug-likeness (QED) is 0.669. The molecule has 0 amide bonds. The van der Waals surface area contributed by atoms with E-state index in [1.807, 2.05) is 20.8 Å². The van der Waals surface area contributed by atoms with E-state index >= 15 is 0 Å². The van der Waals surface area contributed by atoms with Crippen molar-refractivity contribution in [3.63, 3.8) is 0 Å². The fourth-order valence-corrected chi connectivity index (χ4v) is 2.97. The Balaban J connectivity index is 3.67. The fourth-order valence-electron chi connectivity index (χ4n) is 0.278. The van der Waals surface area contributed by atoms with Gasteiger partial charge in [-0.15, -0.1) is 0 Å². The third-order valence-corrected chi connectivity index (χ3v) is 4.34. The van der Waals surface area contributed by atoms with E-state index in [1.165, 1.54) is 0 Å². The highest BCUT2D eigenvalue weighted by Crippen LogP contribution is 2.52. The second-order valence-electron chi connectivity index (χ2n) is 3.32. The topological polar surface area (TPSA) is 40.5 Å². The van der Waals surface area contributed by atoms with Crippen molar-refractivity contribution in [3.8, 4) is 0 Å². The van der Waals surface area contributed by atoms with Gasteiger partial charge in [0.1, 0.15) is 0 Å². The minimum atomic E-state index is -3.01. The van der Waals surface area contributed by atoms with Crippen molar-refractivity contribution < 1.29 is 9.79 Å². The number of hydrogen-bond donors (Lipinski definition) is 2. The van der Waals surface area contributed by atoms with Gasteiger partial charge in [-0.2, -0.15) is 0 Å². The molecule has 0 radical (unpaired) electrons. The Hall–Kier alpha value is 0.920. The molecule has 0 fully saturated rings. The summed E-state index contributed by atoms with van der Waals surface area (Å²) >= 11 is 5.52. The fraction of sp³-hybridized carbons (Fsp3) is 1.00. The van der Waals surface area contributed by atoms with E-state index in [0.29, 0.717) is 5.75 Å². The van der Waals surface area contributed by atoms with Crippen LogP contribution in [0.2, 0.25) is 0 Å². The average molecular weight is 200 g/mol. The third kappa shape index (κ3) is 8.92. The van der Waals surface area contributed by atoms with Gasteiger partial charge < -0.3 is 9.79 Å². The van der Waals surface area contributed by atoms with E-state index in [1.54, 1.807) is 0 Å². The van der Waals surface area contributed by atoms with Gasteiger partial charge in [0.2, 0.25) is 5.69 Å². The third-order valence-electron chi connectivity index (χ3n) is 0.666. The molecule has 0 saturated carbocycles. The highest BCUT2D eigenvalue weighted by atomic mass is 32.9. The molecule has 5 heteroatoms. The molecule has 0 saturated heterocycles. The summed E-state index contributed by atoms with van der Waals surface area (Å²) in [6, 6.07) is 0. The van der Waals surface area contributed by atoms with Crippen LogP contribution >= 0.6 is 17.1 Å². The van der Waals surface area contributed by atoms with Gasteiger partial charge in [0.25, 0.3) is 0 Å². The van der Waals surface area contributed by atoms with Crippen LogP contribution in [0.4, 0.5) is 0 Å². The minimum Gasteiger partial charge on any atom is -0.338 e. The van der Waals surface area contributed by atoms with Gasteiger partial charge in [-0.25, -0.2) is 0 Å². The average Bonchev–Trinajstić information content (AvgIpc) is 1.57. The summed E-state index contributed by atoms with van der Waals surface area (Å²) in [4.78, 5) is 17.7. The molecule has 0 aliphatic rings. The van der Waals surface area contributed by atoms with Crippen LogP contribution in [0, 0.1) is 5.41 Å². The maximum Gasteiger partial charge on any atom is 0.242 e. The summed E-state index contributed by atoms with van der Waals surface area (Å²) in [6.07, 6.45) is 0. The van der Waals surface area contributed by atoms with Crippen molar-refractivity contribution in [2.24, 2.45) is 5.41 Å². The number of hydrogen-bond acceptors (Lipinski definition) is 2. The van der Waals surface area contributed by atoms with Crippen LogP contribution in [0.15, 0.2) is 0 Å². The molecule has 0 spiro atoms. The molecule has 0 bridgehead atoms. The van der Waals surface area contributed by atoms with Crippen LogP contribution in [-0.4, -0.2) is 15.5 Å². The van der Waals surface area contributed by atoms with Gasteiger partial charge in [0.05, 0.1) is 0 Å². The van der Waals surface area contributed by atoms with Crippen molar-refractivity contribution in [2.45, 2.75) is 20.8 Å². The highest BCUT2D eigenvalue weighted by molar-refractivity contribution is 8.67. The Labute approximate surface area is 71.0 Å².